The predicted octanol–water partition coefficient (Wildman–Crippen LogP) is 2.92. The summed E-state index contributed by atoms with van der Waals surface area (Å²) in [6.45, 7) is 5.57. The van der Waals surface area contributed by atoms with Crippen molar-refractivity contribution in [2.45, 2.75) is 19.8 Å². The number of phenols is 2. The Morgan fingerprint density at radius 3 is 2.44 bits per heavy atom. The molecule has 0 saturated carbocycles. The number of carbonyl (C=O) groups is 1. The predicted molar refractivity (Wildman–Crippen MR) is 69.4 cm³/mol. The van der Waals surface area contributed by atoms with E-state index in [0.29, 0.717) is 18.4 Å². The average molecular weight is 248 g/mol. The van der Waals surface area contributed by atoms with E-state index in [2.05, 4.69) is 6.58 Å². The van der Waals surface area contributed by atoms with Crippen molar-refractivity contribution >= 4 is 12.0 Å². The quantitative estimate of drug-likeness (QED) is 0.425. The molecule has 0 bridgehead atoms. The van der Waals surface area contributed by atoms with E-state index in [-0.39, 0.29) is 17.1 Å². The Morgan fingerprint density at radius 1 is 1.28 bits per heavy atom. The lowest BCUT2D eigenvalue weighted by atomic mass is 10.0. The average Bonchev–Trinajstić information content (AvgIpc) is 2.28. The van der Waals surface area contributed by atoms with Gasteiger partial charge in [0.05, 0.1) is 0 Å². The molecule has 0 spiro atoms. The monoisotopic (exact) mass is 248 g/mol. The number of rotatable bonds is 5. The molecule has 0 amide bonds. The molecule has 0 saturated heterocycles. The van der Waals surface area contributed by atoms with Crippen LogP contribution in [-0.4, -0.2) is 21.3 Å². The summed E-state index contributed by atoms with van der Waals surface area (Å²) < 4.78 is 0. The number of carboxylic acids is 1. The number of aliphatic carboxylic acids is 1. The third-order valence-electron chi connectivity index (χ3n) is 2.44. The van der Waals surface area contributed by atoms with Gasteiger partial charge in [-0.15, -0.1) is 6.58 Å². The minimum atomic E-state index is -0.996. The van der Waals surface area contributed by atoms with Crippen molar-refractivity contribution in [3.05, 3.63) is 41.5 Å². The van der Waals surface area contributed by atoms with Crippen LogP contribution in [0.1, 0.15) is 25.3 Å². The van der Waals surface area contributed by atoms with Crippen LogP contribution in [0.5, 0.6) is 11.5 Å². The molecular weight excluding hydrogens is 232 g/mol. The van der Waals surface area contributed by atoms with Crippen LogP contribution >= 0.6 is 0 Å². The normalized spacial score (nSPS) is 11.3. The van der Waals surface area contributed by atoms with Crippen LogP contribution in [0.25, 0.3) is 6.08 Å². The lowest BCUT2D eigenvalue weighted by molar-refractivity contribution is -0.132. The van der Waals surface area contributed by atoms with Crippen LogP contribution in [0, 0.1) is 0 Å². The maximum Gasteiger partial charge on any atom is 0.331 e. The summed E-state index contributed by atoms with van der Waals surface area (Å²) in [7, 11) is 0. The summed E-state index contributed by atoms with van der Waals surface area (Å²) in [6.07, 6.45) is 2.46. The highest BCUT2D eigenvalue weighted by Gasteiger charge is 2.08. The van der Waals surface area contributed by atoms with Gasteiger partial charge in [0.25, 0.3) is 0 Å². The zero-order valence-corrected chi connectivity index (χ0v) is 10.2. The first-order valence-electron chi connectivity index (χ1n) is 5.50. The molecule has 3 N–H and O–H groups in total. The largest absolute Gasteiger partial charge is 0.504 e. The standard InChI is InChI=1S/C14H16O4/c1-9(2)3-5-11(14(17)18)7-10-4-6-12(15)13(16)8-10/h4,6-8,15-16H,1,3,5H2,2H3,(H,17,18)/b11-7+. The third kappa shape index (κ3) is 3.97. The van der Waals surface area contributed by atoms with Gasteiger partial charge in [-0.1, -0.05) is 11.6 Å². The van der Waals surface area contributed by atoms with Crippen LogP contribution in [0.15, 0.2) is 35.9 Å². The Labute approximate surface area is 106 Å². The molecule has 0 atom stereocenters. The lowest BCUT2D eigenvalue weighted by Crippen LogP contribution is -2.00. The molecule has 1 rings (SSSR count). The maximum atomic E-state index is 11.1. The van der Waals surface area contributed by atoms with E-state index in [0.717, 1.165) is 5.57 Å². The lowest BCUT2D eigenvalue weighted by Gasteiger charge is -2.04. The number of phenolic OH excluding ortho intramolecular Hbond substituents is 2. The summed E-state index contributed by atoms with van der Waals surface area (Å²) in [5, 5.41) is 27.6. The van der Waals surface area contributed by atoms with Crippen molar-refractivity contribution < 1.29 is 20.1 Å². The second-order valence-electron chi connectivity index (χ2n) is 4.18. The van der Waals surface area contributed by atoms with Gasteiger partial charge in [-0.05, 0) is 43.5 Å². The first-order chi connectivity index (χ1) is 8.40. The molecule has 0 fully saturated rings. The van der Waals surface area contributed by atoms with Crippen molar-refractivity contribution in [3.63, 3.8) is 0 Å². The molecule has 1 aromatic carbocycles. The summed E-state index contributed by atoms with van der Waals surface area (Å²) >= 11 is 0. The van der Waals surface area contributed by atoms with Crippen molar-refractivity contribution in [1.82, 2.24) is 0 Å². The van der Waals surface area contributed by atoms with Gasteiger partial charge in [0.2, 0.25) is 0 Å². The molecule has 18 heavy (non-hydrogen) atoms. The van der Waals surface area contributed by atoms with Crippen LogP contribution in [0.4, 0.5) is 0 Å². The molecule has 96 valence electrons. The van der Waals surface area contributed by atoms with Gasteiger partial charge in [-0.25, -0.2) is 4.79 Å². The van der Waals surface area contributed by atoms with E-state index in [1.165, 1.54) is 18.2 Å². The fourth-order valence-electron chi connectivity index (χ4n) is 1.42. The van der Waals surface area contributed by atoms with Crippen molar-refractivity contribution in [2.75, 3.05) is 0 Å². The zero-order valence-electron chi connectivity index (χ0n) is 10.2. The SMILES string of the molecule is C=C(C)CC/C(=C\c1ccc(O)c(O)c1)C(=O)O. The number of hydrogen-bond acceptors (Lipinski definition) is 3. The fourth-order valence-corrected chi connectivity index (χ4v) is 1.42. The van der Waals surface area contributed by atoms with Crippen molar-refractivity contribution in [2.24, 2.45) is 0 Å². The van der Waals surface area contributed by atoms with E-state index in [1.54, 1.807) is 6.07 Å². The highest BCUT2D eigenvalue weighted by atomic mass is 16.4. The smallest absolute Gasteiger partial charge is 0.331 e. The van der Waals surface area contributed by atoms with Crippen LogP contribution < -0.4 is 0 Å². The Hall–Kier alpha value is -2.23. The van der Waals surface area contributed by atoms with Crippen LogP contribution in [0.2, 0.25) is 0 Å². The Kier molecular flexibility index (Phi) is 4.54. The fraction of sp³-hybridized carbons (Fsp3) is 0.214. The zero-order chi connectivity index (χ0) is 13.7. The summed E-state index contributed by atoms with van der Waals surface area (Å²) in [4.78, 5) is 11.1. The van der Waals surface area contributed by atoms with Gasteiger partial charge >= 0.3 is 5.97 Å². The second kappa shape index (κ2) is 5.91. The first kappa shape index (κ1) is 13.8. The van der Waals surface area contributed by atoms with E-state index in [4.69, 9.17) is 10.2 Å². The molecule has 0 aromatic heterocycles. The maximum absolute atomic E-state index is 11.1. The second-order valence-corrected chi connectivity index (χ2v) is 4.18. The molecule has 0 aliphatic carbocycles. The van der Waals surface area contributed by atoms with Gasteiger partial charge in [-0.3, -0.25) is 0 Å². The minimum Gasteiger partial charge on any atom is -0.504 e. The van der Waals surface area contributed by atoms with E-state index in [1.807, 2.05) is 6.92 Å². The van der Waals surface area contributed by atoms with Gasteiger partial charge in [0.15, 0.2) is 11.5 Å². The Morgan fingerprint density at radius 2 is 1.94 bits per heavy atom. The first-order valence-corrected chi connectivity index (χ1v) is 5.50. The molecule has 4 heteroatoms. The number of carboxylic acid groups (broad SMARTS) is 1. The molecule has 0 aliphatic heterocycles. The number of aromatic hydroxyl groups is 2. The summed E-state index contributed by atoms with van der Waals surface area (Å²) in [6, 6.07) is 4.18. The van der Waals surface area contributed by atoms with Gasteiger partial charge in [0, 0.05) is 5.57 Å². The molecular formula is C14H16O4. The number of benzene rings is 1. The van der Waals surface area contributed by atoms with E-state index in [9.17, 15) is 9.90 Å². The van der Waals surface area contributed by atoms with Crippen LogP contribution in [0.3, 0.4) is 0 Å². The van der Waals surface area contributed by atoms with Crippen molar-refractivity contribution in [1.29, 1.82) is 0 Å². The molecule has 0 heterocycles. The van der Waals surface area contributed by atoms with Gasteiger partial charge < -0.3 is 15.3 Å². The van der Waals surface area contributed by atoms with Crippen LogP contribution in [-0.2, 0) is 4.79 Å². The molecule has 4 nitrogen and oxygen atoms in total. The Balaban J connectivity index is 2.96. The van der Waals surface area contributed by atoms with Crippen molar-refractivity contribution in [3.8, 4) is 11.5 Å². The van der Waals surface area contributed by atoms with Gasteiger partial charge in [-0.2, -0.15) is 0 Å². The number of hydrogen-bond donors (Lipinski definition) is 3. The third-order valence-corrected chi connectivity index (χ3v) is 2.44. The summed E-state index contributed by atoms with van der Waals surface area (Å²) in [5.74, 6) is -1.50. The van der Waals surface area contributed by atoms with Gasteiger partial charge in [0.1, 0.15) is 0 Å². The molecule has 1 aromatic rings. The van der Waals surface area contributed by atoms with E-state index < -0.39 is 5.97 Å². The Bertz CT molecular complexity index is 501. The highest BCUT2D eigenvalue weighted by molar-refractivity contribution is 5.92. The highest BCUT2D eigenvalue weighted by Crippen LogP contribution is 2.26. The van der Waals surface area contributed by atoms with E-state index >= 15 is 0 Å². The summed E-state index contributed by atoms with van der Waals surface area (Å²) in [5.41, 5.74) is 1.68. The molecule has 0 aliphatic rings. The molecule has 0 radical (unpaired) electrons. The number of allylic oxidation sites excluding steroid dienone is 1. The minimum absolute atomic E-state index is 0.231. The molecule has 0 unspecified atom stereocenters. The topological polar surface area (TPSA) is 77.8 Å².